The number of aliphatic hydroxyl groups excluding tert-OH is 2. The van der Waals surface area contributed by atoms with E-state index in [2.05, 4.69) is 10.0 Å². The summed E-state index contributed by atoms with van der Waals surface area (Å²) in [5, 5.41) is 24.8. The number of carbonyl (C=O) groups excluding carboxylic acids is 1. The van der Waals surface area contributed by atoms with Crippen molar-refractivity contribution in [3.05, 3.63) is 73.9 Å². The fraction of sp³-hybridized carbons (Fsp3) is 0.500. The van der Waals surface area contributed by atoms with Gasteiger partial charge in [0.2, 0.25) is 5.72 Å². The lowest BCUT2D eigenvalue weighted by Gasteiger charge is -2.24. The average molecular weight is 600 g/mol. The second-order valence-electron chi connectivity index (χ2n) is 8.26. The number of nitrogens with zero attached hydrogens (tertiary/aromatic N) is 5. The first-order valence-corrected chi connectivity index (χ1v) is 14.4. The molecule has 2 heterocycles. The van der Waals surface area contributed by atoms with E-state index in [0.29, 0.717) is 5.75 Å². The summed E-state index contributed by atoms with van der Waals surface area (Å²) in [5.74, 6) is -0.0369. The average Bonchev–Trinajstić information content (AvgIpc) is 3.17. The Bertz CT molecular complexity index is 1340. The van der Waals surface area contributed by atoms with Gasteiger partial charge in [0.1, 0.15) is 23.6 Å². The van der Waals surface area contributed by atoms with Gasteiger partial charge in [0.25, 0.3) is 5.56 Å². The molecule has 0 aliphatic carbocycles. The number of rotatable bonds is 14. The molecule has 0 amide bonds. The molecule has 18 heteroatoms. The first-order chi connectivity index (χ1) is 19.2. The normalized spacial score (nSPS) is 23.3. The van der Waals surface area contributed by atoms with Crippen LogP contribution >= 0.6 is 19.9 Å². The molecule has 2 unspecified atom stereocenters. The highest BCUT2D eigenvalue weighted by atomic mass is 32.2. The Morgan fingerprint density at radius 2 is 2.08 bits per heavy atom. The molecule has 0 spiro atoms. The predicted molar refractivity (Wildman–Crippen MR) is 141 cm³/mol. The molecule has 0 radical (unpaired) electrons. The molecule has 3 rings (SSSR count). The van der Waals surface area contributed by atoms with Crippen molar-refractivity contribution >= 4 is 25.9 Å². The minimum absolute atomic E-state index is 0.0504. The van der Waals surface area contributed by atoms with Crippen LogP contribution < -0.4 is 16.1 Å². The number of hydrogen-bond acceptors (Lipinski definition) is 12. The number of azide groups is 1. The van der Waals surface area contributed by atoms with E-state index >= 15 is 0 Å². The molecule has 0 saturated carbocycles. The van der Waals surface area contributed by atoms with Gasteiger partial charge in [-0.3, -0.25) is 19.1 Å². The van der Waals surface area contributed by atoms with Crippen LogP contribution in [0.1, 0.15) is 19.6 Å². The van der Waals surface area contributed by atoms with Crippen molar-refractivity contribution in [1.82, 2.24) is 14.4 Å². The third-order valence-corrected chi connectivity index (χ3v) is 7.32. The van der Waals surface area contributed by atoms with Gasteiger partial charge in [-0.1, -0.05) is 23.3 Å². The van der Waals surface area contributed by atoms with Crippen LogP contribution in [0.3, 0.4) is 0 Å². The number of esters is 1. The maximum Gasteiger partial charge on any atom is 0.653 e. The number of ether oxygens (including phenoxy) is 2. The van der Waals surface area contributed by atoms with Gasteiger partial charge in [-0.25, -0.2) is 4.79 Å². The molecule has 0 bridgehead atoms. The zero-order chi connectivity index (χ0) is 29.3. The first-order valence-electron chi connectivity index (χ1n) is 11.9. The second kappa shape index (κ2) is 14.4. The van der Waals surface area contributed by atoms with Crippen molar-refractivity contribution in [2.75, 3.05) is 25.2 Å². The molecule has 1 aromatic carbocycles. The van der Waals surface area contributed by atoms with Gasteiger partial charge in [0.15, 0.2) is 18.0 Å². The minimum Gasteiger partial charge on any atom is -0.465 e. The molecule has 216 valence electrons. The molecule has 1 aromatic heterocycles. The number of H-pyrrole nitrogens is 1. The van der Waals surface area contributed by atoms with Crippen LogP contribution in [0, 0.1) is 0 Å². The van der Waals surface area contributed by atoms with E-state index in [1.54, 1.807) is 37.3 Å². The summed E-state index contributed by atoms with van der Waals surface area (Å²) in [6.07, 6.45) is -2.41. The molecule has 1 saturated heterocycles. The Morgan fingerprint density at radius 3 is 2.70 bits per heavy atom. The number of carbonyl (C=O) groups is 1. The Labute approximate surface area is 232 Å². The van der Waals surface area contributed by atoms with E-state index < -0.39 is 62.2 Å². The number of benzene rings is 1. The predicted octanol–water partition coefficient (Wildman–Crippen LogP) is 1.45. The largest absolute Gasteiger partial charge is 0.653 e. The van der Waals surface area contributed by atoms with Crippen LogP contribution in [0.2, 0.25) is 0 Å². The van der Waals surface area contributed by atoms with Crippen LogP contribution in [0.15, 0.2) is 57.3 Å². The monoisotopic (exact) mass is 599 g/mol. The number of aromatic nitrogens is 2. The molecule has 1 fully saturated rings. The topological polar surface area (TPSA) is 218 Å². The van der Waals surface area contributed by atoms with Crippen LogP contribution in [0.4, 0.5) is 0 Å². The van der Waals surface area contributed by atoms with E-state index in [9.17, 15) is 34.7 Å². The highest BCUT2D eigenvalue weighted by molar-refractivity contribution is 7.98. The molecule has 1 aliphatic heterocycles. The second-order valence-corrected chi connectivity index (χ2v) is 10.4. The summed E-state index contributed by atoms with van der Waals surface area (Å²) in [6.45, 7) is 0.765. The summed E-state index contributed by atoms with van der Waals surface area (Å²) in [4.78, 5) is 47.7. The Kier molecular flexibility index (Phi) is 11.2. The van der Waals surface area contributed by atoms with Gasteiger partial charge in [-0.05, 0) is 47.6 Å². The Hall–Kier alpha value is -3.27. The maximum absolute atomic E-state index is 13.5. The lowest BCUT2D eigenvalue weighted by molar-refractivity contribution is -0.156. The molecule has 2 aromatic rings. The zero-order valence-electron chi connectivity index (χ0n) is 21.4. The molecular weight excluding hydrogens is 571 g/mol. The highest BCUT2D eigenvalue weighted by Crippen LogP contribution is 2.42. The number of hydrogen-bond donors (Lipinski definition) is 3. The van der Waals surface area contributed by atoms with Gasteiger partial charge in [0.05, 0.1) is 6.61 Å². The molecule has 3 N–H and O–H groups in total. The zero-order valence-corrected chi connectivity index (χ0v) is 23.1. The number of nitrogens with one attached hydrogen (secondary N) is 1. The smallest absolute Gasteiger partial charge is 0.465 e. The van der Waals surface area contributed by atoms with Crippen molar-refractivity contribution in [2.45, 2.75) is 43.5 Å². The summed E-state index contributed by atoms with van der Waals surface area (Å²) in [6, 6.07) is 7.95. The SMILES string of the molecule is CCOC(=O)C(CCSC)N(Oc1ccccc1)[P+](=O)OC[C@@]1(N=[N+]=[N-])O[C@@H](n2ccc(=O)[nH]c2=O)[C@H](O)[C@@H]1O. The standard InChI is InChI=1S/C22H27N6O10PS/c1-3-35-20(32)15(10-12-40-2)28(38-14-7-5-4-6-8-14)39(34)36-13-22(25-26-23)18(31)17(30)19(37-22)27-11-9-16(29)24-21(27)33/h4-9,11,15,17-19,30-31H,3,10,12-13H2,1-2H3/p+1/t15?,17-,18+,19-,22-/m1/s1. The van der Waals surface area contributed by atoms with Crippen molar-refractivity contribution in [2.24, 2.45) is 5.11 Å². The quantitative estimate of drug-likeness (QED) is 0.0702. The van der Waals surface area contributed by atoms with Gasteiger partial charge in [-0.2, -0.15) is 11.8 Å². The van der Waals surface area contributed by atoms with Crippen LogP contribution in [-0.4, -0.2) is 79.8 Å². The molecular formula is C22H28N6O10PS+. The number of hydroxylamine groups is 1. The maximum atomic E-state index is 13.5. The third-order valence-electron chi connectivity index (χ3n) is 5.65. The first kappa shape index (κ1) is 31.3. The van der Waals surface area contributed by atoms with Crippen molar-refractivity contribution in [1.29, 1.82) is 0 Å². The number of aliphatic hydroxyl groups is 2. The minimum atomic E-state index is -3.06. The summed E-state index contributed by atoms with van der Waals surface area (Å²) in [5.41, 5.74) is 5.12. The molecule has 40 heavy (non-hydrogen) atoms. The van der Waals surface area contributed by atoms with Crippen molar-refractivity contribution in [3.8, 4) is 5.75 Å². The van der Waals surface area contributed by atoms with Crippen LogP contribution in [0.25, 0.3) is 10.4 Å². The van der Waals surface area contributed by atoms with Gasteiger partial charge in [-0.15, -0.1) is 4.52 Å². The van der Waals surface area contributed by atoms with Crippen molar-refractivity contribution in [3.63, 3.8) is 0 Å². The van der Waals surface area contributed by atoms with E-state index in [-0.39, 0.29) is 18.8 Å². The summed E-state index contributed by atoms with van der Waals surface area (Å²) >= 11 is 1.43. The van der Waals surface area contributed by atoms with Crippen LogP contribution in [0.5, 0.6) is 5.75 Å². The van der Waals surface area contributed by atoms with E-state index in [1.807, 2.05) is 11.2 Å². The Morgan fingerprint density at radius 1 is 1.35 bits per heavy atom. The lowest BCUT2D eigenvalue weighted by Crippen LogP contribution is -2.45. The molecule has 6 atom stereocenters. The lowest BCUT2D eigenvalue weighted by atomic mass is 10.1. The highest BCUT2D eigenvalue weighted by Gasteiger charge is 2.58. The van der Waals surface area contributed by atoms with E-state index in [4.69, 9.17) is 18.8 Å². The number of para-hydroxylation sites is 1. The van der Waals surface area contributed by atoms with E-state index in [0.717, 1.165) is 21.7 Å². The van der Waals surface area contributed by atoms with Crippen LogP contribution in [-0.2, 0) is 23.4 Å². The van der Waals surface area contributed by atoms with Crippen molar-refractivity contribution < 1.29 is 38.4 Å². The fourth-order valence-electron chi connectivity index (χ4n) is 3.72. The molecule has 1 aliphatic rings. The van der Waals surface area contributed by atoms with Gasteiger partial charge < -0.3 is 24.5 Å². The number of aromatic amines is 1. The molecule has 16 nitrogen and oxygen atoms in total. The van der Waals surface area contributed by atoms with Gasteiger partial charge in [0, 0.05) is 17.2 Å². The fourth-order valence-corrected chi connectivity index (χ4v) is 5.18. The van der Waals surface area contributed by atoms with E-state index in [1.165, 1.54) is 11.8 Å². The summed E-state index contributed by atoms with van der Waals surface area (Å²) < 4.78 is 30.4. The third kappa shape index (κ3) is 7.27. The number of thioether (sulfide) groups is 1. The summed E-state index contributed by atoms with van der Waals surface area (Å²) in [7, 11) is -3.06. The Balaban J connectivity index is 1.90. The van der Waals surface area contributed by atoms with Gasteiger partial charge >= 0.3 is 19.8 Å².